The van der Waals surface area contributed by atoms with E-state index >= 15 is 0 Å². The summed E-state index contributed by atoms with van der Waals surface area (Å²) in [5.74, 6) is -0.205. The molecule has 1 fully saturated rings. The van der Waals surface area contributed by atoms with Crippen LogP contribution in [0.2, 0.25) is 0 Å². The number of benzene rings is 2. The highest BCUT2D eigenvalue weighted by Crippen LogP contribution is 2.31. The Morgan fingerprint density at radius 3 is 2.38 bits per heavy atom. The Bertz CT molecular complexity index is 1220. The molecule has 32 heavy (non-hydrogen) atoms. The molecule has 0 N–H and O–H groups in total. The maximum Gasteiger partial charge on any atom is 0.252 e. The molecule has 2 aromatic carbocycles. The van der Waals surface area contributed by atoms with Crippen LogP contribution in [0.4, 0.5) is 5.69 Å². The minimum atomic E-state index is -4.14. The molecule has 0 bridgehead atoms. The van der Waals surface area contributed by atoms with Crippen molar-refractivity contribution in [2.45, 2.75) is 23.9 Å². The van der Waals surface area contributed by atoms with Gasteiger partial charge in [-0.05, 0) is 83.3 Å². The SMILES string of the molecule is COc1ccc(S(=O)(=O)N(Cc2ccco2)C2CC(=O)N(c3ccc(I)cc3)C2=O)cc1. The number of rotatable bonds is 7. The second-order valence-electron chi connectivity index (χ2n) is 7.07. The number of imide groups is 1. The van der Waals surface area contributed by atoms with Crippen molar-refractivity contribution in [2.75, 3.05) is 12.0 Å². The van der Waals surface area contributed by atoms with Crippen molar-refractivity contribution in [2.24, 2.45) is 0 Å². The smallest absolute Gasteiger partial charge is 0.252 e. The lowest BCUT2D eigenvalue weighted by atomic mass is 10.2. The molecule has 8 nitrogen and oxygen atoms in total. The zero-order chi connectivity index (χ0) is 22.9. The van der Waals surface area contributed by atoms with Crippen molar-refractivity contribution in [1.29, 1.82) is 0 Å². The Labute approximate surface area is 199 Å². The number of halogens is 1. The Morgan fingerprint density at radius 1 is 1.09 bits per heavy atom. The van der Waals surface area contributed by atoms with Crippen LogP contribution in [0.3, 0.4) is 0 Å². The summed E-state index contributed by atoms with van der Waals surface area (Å²) in [7, 11) is -2.66. The molecule has 1 atom stereocenters. The number of hydrogen-bond acceptors (Lipinski definition) is 6. The van der Waals surface area contributed by atoms with Crippen molar-refractivity contribution in [3.8, 4) is 5.75 Å². The molecule has 0 aliphatic carbocycles. The minimum Gasteiger partial charge on any atom is -0.497 e. The van der Waals surface area contributed by atoms with Gasteiger partial charge in [0.05, 0.1) is 36.9 Å². The predicted molar refractivity (Wildman–Crippen MR) is 124 cm³/mol. The maximum atomic E-state index is 13.5. The van der Waals surface area contributed by atoms with Gasteiger partial charge in [0.2, 0.25) is 15.9 Å². The third-order valence-electron chi connectivity index (χ3n) is 5.11. The summed E-state index contributed by atoms with van der Waals surface area (Å²) in [6.45, 7) is -0.189. The number of nitrogens with zero attached hydrogens (tertiary/aromatic N) is 2. The van der Waals surface area contributed by atoms with Crippen LogP contribution in [0.1, 0.15) is 12.2 Å². The highest BCUT2D eigenvalue weighted by atomic mass is 127. The normalized spacial score (nSPS) is 16.7. The first-order chi connectivity index (χ1) is 15.3. The summed E-state index contributed by atoms with van der Waals surface area (Å²) in [5.41, 5.74) is 0.405. The van der Waals surface area contributed by atoms with E-state index in [0.29, 0.717) is 17.2 Å². The molecular formula is C22H19IN2O6S. The van der Waals surface area contributed by atoms with Crippen molar-refractivity contribution < 1.29 is 27.2 Å². The van der Waals surface area contributed by atoms with Gasteiger partial charge < -0.3 is 9.15 Å². The Balaban J connectivity index is 1.72. The van der Waals surface area contributed by atoms with Crippen LogP contribution in [-0.4, -0.2) is 37.7 Å². The third-order valence-corrected chi connectivity index (χ3v) is 7.70. The first-order valence-electron chi connectivity index (χ1n) is 9.62. The lowest BCUT2D eigenvalue weighted by Crippen LogP contribution is -2.45. The molecule has 1 aromatic heterocycles. The van der Waals surface area contributed by atoms with E-state index in [1.54, 1.807) is 36.4 Å². The second-order valence-corrected chi connectivity index (χ2v) is 10.2. The van der Waals surface area contributed by atoms with Gasteiger partial charge in [-0.2, -0.15) is 4.31 Å². The number of carbonyl (C=O) groups is 2. The highest BCUT2D eigenvalue weighted by molar-refractivity contribution is 14.1. The molecule has 166 valence electrons. The van der Waals surface area contributed by atoms with Crippen molar-refractivity contribution in [3.05, 3.63) is 76.3 Å². The summed E-state index contributed by atoms with van der Waals surface area (Å²) >= 11 is 2.12. The summed E-state index contributed by atoms with van der Waals surface area (Å²) in [6.07, 6.45) is 1.16. The van der Waals surface area contributed by atoms with Gasteiger partial charge in [0.25, 0.3) is 5.91 Å². The molecule has 2 heterocycles. The quantitative estimate of drug-likeness (QED) is 0.321. The largest absolute Gasteiger partial charge is 0.497 e. The van der Waals surface area contributed by atoms with E-state index in [2.05, 4.69) is 22.6 Å². The standard InChI is InChI=1S/C22H19IN2O6S/c1-30-17-8-10-19(11-9-17)32(28,29)24(14-18-3-2-12-31-18)20-13-21(26)25(22(20)27)16-6-4-15(23)5-7-16/h2-12,20H,13-14H2,1H3. The number of methoxy groups -OCH3 is 1. The summed E-state index contributed by atoms with van der Waals surface area (Å²) in [4.78, 5) is 27.1. The van der Waals surface area contributed by atoms with Gasteiger partial charge in [0.1, 0.15) is 17.6 Å². The molecule has 0 saturated carbocycles. The number of anilines is 1. The molecule has 2 amide bonds. The molecule has 1 aliphatic heterocycles. The number of ether oxygens (including phenoxy) is 1. The zero-order valence-corrected chi connectivity index (χ0v) is 19.9. The van der Waals surface area contributed by atoms with Crippen molar-refractivity contribution in [3.63, 3.8) is 0 Å². The molecule has 1 unspecified atom stereocenters. The van der Waals surface area contributed by atoms with Crippen LogP contribution >= 0.6 is 22.6 Å². The van der Waals surface area contributed by atoms with E-state index in [1.807, 2.05) is 0 Å². The van der Waals surface area contributed by atoms with Gasteiger partial charge >= 0.3 is 0 Å². The van der Waals surface area contributed by atoms with Crippen LogP contribution in [0, 0.1) is 3.57 Å². The average molecular weight is 566 g/mol. The average Bonchev–Trinajstić information content (AvgIpc) is 3.40. The third kappa shape index (κ3) is 4.30. The molecule has 4 rings (SSSR count). The van der Waals surface area contributed by atoms with Crippen LogP contribution in [0.15, 0.2) is 76.2 Å². The van der Waals surface area contributed by atoms with E-state index in [1.165, 1.54) is 37.6 Å². The molecule has 0 radical (unpaired) electrons. The number of furan rings is 1. The van der Waals surface area contributed by atoms with Crippen LogP contribution < -0.4 is 9.64 Å². The van der Waals surface area contributed by atoms with Crippen LogP contribution in [0.25, 0.3) is 0 Å². The minimum absolute atomic E-state index is 0.0159. The fraction of sp³-hybridized carbons (Fsp3) is 0.182. The second kappa shape index (κ2) is 9.04. The van der Waals surface area contributed by atoms with Gasteiger partial charge in [0.15, 0.2) is 0 Å². The number of sulfonamides is 1. The number of carbonyl (C=O) groups excluding carboxylic acids is 2. The monoisotopic (exact) mass is 566 g/mol. The Hall–Kier alpha value is -2.70. The summed E-state index contributed by atoms with van der Waals surface area (Å²) in [5, 5.41) is 0. The first kappa shape index (κ1) is 22.5. The van der Waals surface area contributed by atoms with Gasteiger partial charge in [0, 0.05) is 3.57 Å². The molecule has 1 aliphatic rings. The topological polar surface area (TPSA) is 97.1 Å². The summed E-state index contributed by atoms with van der Waals surface area (Å²) in [6, 6.07) is 14.8. The molecule has 1 saturated heterocycles. The fourth-order valence-electron chi connectivity index (χ4n) is 3.50. The molecule has 10 heteroatoms. The van der Waals surface area contributed by atoms with E-state index in [-0.39, 0.29) is 17.9 Å². The Morgan fingerprint density at radius 2 is 1.78 bits per heavy atom. The lowest BCUT2D eigenvalue weighted by Gasteiger charge is -2.26. The zero-order valence-electron chi connectivity index (χ0n) is 17.0. The molecular weight excluding hydrogens is 547 g/mol. The fourth-order valence-corrected chi connectivity index (χ4v) is 5.41. The van der Waals surface area contributed by atoms with Crippen molar-refractivity contribution in [1.82, 2.24) is 4.31 Å². The number of hydrogen-bond donors (Lipinski definition) is 0. The summed E-state index contributed by atoms with van der Waals surface area (Å²) < 4.78 is 39.5. The van der Waals surface area contributed by atoms with Gasteiger partial charge in [-0.25, -0.2) is 13.3 Å². The van der Waals surface area contributed by atoms with Crippen LogP contribution in [-0.2, 0) is 26.2 Å². The highest BCUT2D eigenvalue weighted by Gasteiger charge is 2.47. The van der Waals surface area contributed by atoms with E-state index < -0.39 is 27.9 Å². The molecule has 0 spiro atoms. The van der Waals surface area contributed by atoms with E-state index in [4.69, 9.17) is 9.15 Å². The lowest BCUT2D eigenvalue weighted by molar-refractivity contribution is -0.122. The maximum absolute atomic E-state index is 13.5. The first-order valence-corrected chi connectivity index (χ1v) is 12.1. The Kier molecular flexibility index (Phi) is 6.35. The van der Waals surface area contributed by atoms with Crippen LogP contribution in [0.5, 0.6) is 5.75 Å². The van der Waals surface area contributed by atoms with Crippen molar-refractivity contribution >= 4 is 50.1 Å². The molecule has 3 aromatic rings. The van der Waals surface area contributed by atoms with Gasteiger partial charge in [-0.15, -0.1) is 0 Å². The van der Waals surface area contributed by atoms with E-state index in [0.717, 1.165) is 12.8 Å². The van der Waals surface area contributed by atoms with E-state index in [9.17, 15) is 18.0 Å². The van der Waals surface area contributed by atoms with Gasteiger partial charge in [-0.1, -0.05) is 0 Å². The predicted octanol–water partition coefficient (Wildman–Crippen LogP) is 3.42. The number of amides is 2. The van der Waals surface area contributed by atoms with Gasteiger partial charge in [-0.3, -0.25) is 9.59 Å².